The number of nitrogens with one attached hydrogen (secondary N) is 2. The molecule has 0 atom stereocenters. The summed E-state index contributed by atoms with van der Waals surface area (Å²) in [6, 6.07) is 24.2. The Morgan fingerprint density at radius 1 is 1.03 bits per heavy atom. The molecule has 4 aromatic rings. The highest BCUT2D eigenvalue weighted by molar-refractivity contribution is 6.36. The van der Waals surface area contributed by atoms with E-state index in [2.05, 4.69) is 21.6 Å². The number of aromatic nitrogens is 1. The third kappa shape index (κ3) is 3.75. The molecule has 140 valence electrons. The van der Waals surface area contributed by atoms with Crippen molar-refractivity contribution in [1.82, 2.24) is 10.4 Å². The average Bonchev–Trinajstić information content (AvgIpc) is 3.16. The van der Waals surface area contributed by atoms with Crippen molar-refractivity contribution in [1.29, 1.82) is 5.26 Å². The fourth-order valence-electron chi connectivity index (χ4n) is 3.12. The van der Waals surface area contributed by atoms with Crippen molar-refractivity contribution in [2.24, 2.45) is 5.10 Å². The van der Waals surface area contributed by atoms with Gasteiger partial charge in [-0.2, -0.15) is 10.4 Å². The molecule has 5 nitrogen and oxygen atoms in total. The van der Waals surface area contributed by atoms with Crippen LogP contribution in [0.5, 0.6) is 0 Å². The first kappa shape index (κ1) is 18.5. The fraction of sp³-hybridized carbons (Fsp3) is 0. The number of carbonyl (C=O) groups is 1. The second-order valence-corrected chi connectivity index (χ2v) is 6.74. The van der Waals surface area contributed by atoms with Crippen molar-refractivity contribution in [2.75, 3.05) is 0 Å². The average molecular weight is 399 g/mol. The number of aromatic amines is 1. The summed E-state index contributed by atoms with van der Waals surface area (Å²) >= 11 is 6.33. The van der Waals surface area contributed by atoms with Crippen LogP contribution in [0.25, 0.3) is 22.0 Å². The van der Waals surface area contributed by atoms with E-state index in [1.807, 2.05) is 42.5 Å². The van der Waals surface area contributed by atoms with Crippen LogP contribution in [0.2, 0.25) is 5.02 Å². The Kier molecular flexibility index (Phi) is 5.10. The summed E-state index contributed by atoms with van der Waals surface area (Å²) in [4.78, 5) is 16.0. The number of nitrogens with zero attached hydrogens (tertiary/aromatic N) is 2. The number of amides is 1. The van der Waals surface area contributed by atoms with Crippen LogP contribution in [0.4, 0.5) is 0 Å². The highest BCUT2D eigenvalue weighted by Crippen LogP contribution is 2.35. The quantitative estimate of drug-likeness (QED) is 0.369. The van der Waals surface area contributed by atoms with Crippen LogP contribution < -0.4 is 5.43 Å². The van der Waals surface area contributed by atoms with Crippen molar-refractivity contribution in [3.05, 3.63) is 94.6 Å². The number of hydrogen-bond acceptors (Lipinski definition) is 3. The number of hydrogen-bond donors (Lipinski definition) is 2. The molecule has 2 N–H and O–H groups in total. The first-order valence-electron chi connectivity index (χ1n) is 8.86. The molecular weight excluding hydrogens is 384 g/mol. The fourth-order valence-corrected chi connectivity index (χ4v) is 3.34. The largest absolute Gasteiger partial charge is 0.349 e. The minimum atomic E-state index is -0.374. The van der Waals surface area contributed by atoms with Gasteiger partial charge in [-0.25, -0.2) is 5.43 Å². The SMILES string of the molecule is N#Cc1ccc(/C=N/NC(=O)c2[nH]c3c(Cl)cccc3c2-c2ccccc2)cc1. The molecule has 4 rings (SSSR count). The van der Waals surface area contributed by atoms with Crippen LogP contribution in [-0.2, 0) is 0 Å². The van der Waals surface area contributed by atoms with Gasteiger partial charge in [-0.1, -0.05) is 66.2 Å². The van der Waals surface area contributed by atoms with Crippen LogP contribution in [-0.4, -0.2) is 17.1 Å². The summed E-state index contributed by atoms with van der Waals surface area (Å²) in [7, 11) is 0. The molecule has 0 saturated heterocycles. The Bertz CT molecular complexity index is 1250. The second-order valence-electron chi connectivity index (χ2n) is 6.34. The molecule has 1 aromatic heterocycles. The van der Waals surface area contributed by atoms with Crippen molar-refractivity contribution >= 4 is 34.6 Å². The predicted octanol–water partition coefficient (Wildman–Crippen LogP) is 5.12. The molecular formula is C23H15ClN4O. The molecule has 0 aliphatic carbocycles. The van der Waals surface area contributed by atoms with Gasteiger partial charge in [0.25, 0.3) is 5.91 Å². The van der Waals surface area contributed by atoms with Gasteiger partial charge < -0.3 is 4.98 Å². The number of halogens is 1. The summed E-state index contributed by atoms with van der Waals surface area (Å²) < 4.78 is 0. The predicted molar refractivity (Wildman–Crippen MR) is 115 cm³/mol. The highest BCUT2D eigenvalue weighted by Gasteiger charge is 2.20. The first-order valence-corrected chi connectivity index (χ1v) is 9.24. The van der Waals surface area contributed by atoms with E-state index in [9.17, 15) is 4.79 Å². The maximum Gasteiger partial charge on any atom is 0.288 e. The molecule has 6 heteroatoms. The van der Waals surface area contributed by atoms with Gasteiger partial charge in [0.15, 0.2) is 0 Å². The van der Waals surface area contributed by atoms with Crippen LogP contribution in [0.15, 0.2) is 77.9 Å². The molecule has 3 aromatic carbocycles. The maximum atomic E-state index is 12.9. The number of para-hydroxylation sites is 1. The molecule has 0 fully saturated rings. The van der Waals surface area contributed by atoms with Crippen LogP contribution >= 0.6 is 11.6 Å². The van der Waals surface area contributed by atoms with Gasteiger partial charge in [-0.15, -0.1) is 0 Å². The summed E-state index contributed by atoms with van der Waals surface area (Å²) in [5.41, 5.74) is 6.66. The lowest BCUT2D eigenvalue weighted by Gasteiger charge is -2.04. The van der Waals surface area contributed by atoms with E-state index in [0.717, 1.165) is 22.1 Å². The molecule has 0 radical (unpaired) electrons. The maximum absolute atomic E-state index is 12.9. The van der Waals surface area contributed by atoms with Crippen LogP contribution in [0.1, 0.15) is 21.6 Å². The number of hydrazone groups is 1. The number of H-pyrrole nitrogens is 1. The Morgan fingerprint density at radius 3 is 2.52 bits per heavy atom. The van der Waals surface area contributed by atoms with Gasteiger partial charge in [0.1, 0.15) is 5.69 Å². The van der Waals surface area contributed by atoms with Gasteiger partial charge in [-0.3, -0.25) is 4.79 Å². The molecule has 0 unspecified atom stereocenters. The Hall–Kier alpha value is -3.88. The van der Waals surface area contributed by atoms with Crippen molar-refractivity contribution in [2.45, 2.75) is 0 Å². The number of benzene rings is 3. The molecule has 1 heterocycles. The van der Waals surface area contributed by atoms with Gasteiger partial charge in [0.05, 0.1) is 28.4 Å². The van der Waals surface area contributed by atoms with E-state index in [-0.39, 0.29) is 5.91 Å². The lowest BCUT2D eigenvalue weighted by molar-refractivity contribution is 0.0951. The topological polar surface area (TPSA) is 81.0 Å². The molecule has 0 bridgehead atoms. The summed E-state index contributed by atoms with van der Waals surface area (Å²) in [6.07, 6.45) is 1.52. The monoisotopic (exact) mass is 398 g/mol. The standard InChI is InChI=1S/C23H15ClN4O/c24-19-8-4-7-18-20(17-5-2-1-3-6-17)22(27-21(18)19)23(29)28-26-14-16-11-9-15(13-25)10-12-16/h1-12,14,27H,(H,28,29)/b26-14+. The normalized spacial score (nSPS) is 10.9. The number of rotatable bonds is 4. The summed E-state index contributed by atoms with van der Waals surface area (Å²) in [6.45, 7) is 0. The molecule has 0 saturated carbocycles. The Morgan fingerprint density at radius 2 is 1.79 bits per heavy atom. The Labute approximate surface area is 172 Å². The second kappa shape index (κ2) is 8.01. The van der Waals surface area contributed by atoms with Crippen LogP contribution in [0, 0.1) is 11.3 Å². The van der Waals surface area contributed by atoms with Crippen LogP contribution in [0.3, 0.4) is 0 Å². The van der Waals surface area contributed by atoms with Crippen molar-refractivity contribution < 1.29 is 4.79 Å². The van der Waals surface area contributed by atoms with Gasteiger partial charge in [0.2, 0.25) is 0 Å². The smallest absolute Gasteiger partial charge is 0.288 e. The third-order valence-electron chi connectivity index (χ3n) is 4.49. The van der Waals surface area contributed by atoms with E-state index in [1.165, 1.54) is 6.21 Å². The Balaban J connectivity index is 1.67. The highest BCUT2D eigenvalue weighted by atomic mass is 35.5. The zero-order valence-electron chi connectivity index (χ0n) is 15.2. The zero-order chi connectivity index (χ0) is 20.2. The molecule has 29 heavy (non-hydrogen) atoms. The third-order valence-corrected chi connectivity index (χ3v) is 4.81. The van der Waals surface area contributed by atoms with Gasteiger partial charge in [0, 0.05) is 10.9 Å². The zero-order valence-corrected chi connectivity index (χ0v) is 15.9. The minimum Gasteiger partial charge on any atom is -0.349 e. The molecule has 0 aliphatic heterocycles. The molecule has 0 spiro atoms. The number of fused-ring (bicyclic) bond motifs is 1. The van der Waals surface area contributed by atoms with Gasteiger partial charge >= 0.3 is 0 Å². The van der Waals surface area contributed by atoms with E-state index in [1.54, 1.807) is 30.3 Å². The molecule has 1 amide bonds. The van der Waals surface area contributed by atoms with E-state index in [0.29, 0.717) is 21.8 Å². The van der Waals surface area contributed by atoms with E-state index < -0.39 is 0 Å². The van der Waals surface area contributed by atoms with Crippen molar-refractivity contribution in [3.8, 4) is 17.2 Å². The lowest BCUT2D eigenvalue weighted by Crippen LogP contribution is -2.18. The number of carbonyl (C=O) groups excluding carboxylic acids is 1. The molecule has 0 aliphatic rings. The summed E-state index contributed by atoms with van der Waals surface area (Å²) in [5, 5.41) is 14.3. The summed E-state index contributed by atoms with van der Waals surface area (Å²) in [5.74, 6) is -0.374. The minimum absolute atomic E-state index is 0.374. The van der Waals surface area contributed by atoms with Crippen molar-refractivity contribution in [3.63, 3.8) is 0 Å². The van der Waals surface area contributed by atoms with Gasteiger partial charge in [-0.05, 0) is 29.3 Å². The first-order chi connectivity index (χ1) is 14.2. The van der Waals surface area contributed by atoms with E-state index >= 15 is 0 Å². The number of nitriles is 1. The lowest BCUT2D eigenvalue weighted by atomic mass is 10.0. The van der Waals surface area contributed by atoms with E-state index in [4.69, 9.17) is 16.9 Å².